The number of ether oxygens (including phenoxy) is 2. The summed E-state index contributed by atoms with van der Waals surface area (Å²) in [6.45, 7) is 7.41. The number of imide groups is 1. The van der Waals surface area contributed by atoms with E-state index in [4.69, 9.17) is 9.47 Å². The van der Waals surface area contributed by atoms with Crippen molar-refractivity contribution in [1.29, 1.82) is 0 Å². The summed E-state index contributed by atoms with van der Waals surface area (Å²) in [6.07, 6.45) is -1.42. The first-order valence-electron chi connectivity index (χ1n) is 19.0. The molecule has 57 heavy (non-hydrogen) atoms. The molecular weight excluding hydrogens is 745 g/mol. The number of amides is 4. The number of methoxy groups -OCH3 is 2. The maximum atomic E-state index is 14.6. The maximum Gasteiger partial charge on any atom is 0.420 e. The van der Waals surface area contributed by atoms with Gasteiger partial charge in [-0.3, -0.25) is 34.6 Å². The van der Waals surface area contributed by atoms with Crippen LogP contribution >= 0.6 is 0 Å². The number of nitrogens with zero attached hydrogens (tertiary/aromatic N) is 6. The van der Waals surface area contributed by atoms with Crippen molar-refractivity contribution < 1.29 is 37.0 Å². The van der Waals surface area contributed by atoms with Crippen LogP contribution in [0.2, 0.25) is 0 Å². The normalized spacial score (nSPS) is 17.4. The Balaban J connectivity index is 0.962. The Kier molecular flexibility index (Phi) is 11.0. The van der Waals surface area contributed by atoms with E-state index in [1.54, 1.807) is 30.7 Å². The van der Waals surface area contributed by atoms with Crippen LogP contribution in [0.15, 0.2) is 35.3 Å². The number of aromatic amines is 1. The minimum Gasteiger partial charge on any atom is -0.496 e. The molecule has 2 N–H and O–H groups in total. The van der Waals surface area contributed by atoms with Gasteiger partial charge < -0.3 is 23.8 Å². The highest BCUT2D eigenvalue weighted by Crippen LogP contribution is 2.44. The number of piperazine rings is 1. The summed E-state index contributed by atoms with van der Waals surface area (Å²) >= 11 is 0. The number of piperidine rings is 1. The number of carbonyl (C=O) groups excluding carboxylic acids is 3. The zero-order chi connectivity index (χ0) is 40.8. The molecule has 17 heteroatoms. The van der Waals surface area contributed by atoms with Crippen molar-refractivity contribution in [3.05, 3.63) is 63.1 Å². The fourth-order valence-corrected chi connectivity index (χ4v) is 8.28. The molecule has 3 aliphatic heterocycles. The summed E-state index contributed by atoms with van der Waals surface area (Å²) in [5, 5.41) is 8.87. The number of rotatable bonds is 9. The lowest BCUT2D eigenvalue weighted by atomic mass is 9.92. The molecule has 0 bridgehead atoms. The number of benzene rings is 2. The van der Waals surface area contributed by atoms with Crippen molar-refractivity contribution >= 4 is 40.3 Å². The first-order valence-corrected chi connectivity index (χ1v) is 19.0. The number of fused-ring (bicyclic) bond motifs is 1. The van der Waals surface area contributed by atoms with Crippen LogP contribution in [0.4, 0.5) is 29.5 Å². The fraction of sp³-hybridized carbons (Fsp3) is 0.475. The first kappa shape index (κ1) is 39.6. The number of anilines is 2. The Bertz CT molecular complexity index is 2250. The zero-order valence-electron chi connectivity index (χ0n) is 32.7. The molecule has 4 aromatic rings. The number of hydrogen-bond acceptors (Lipinski definition) is 9. The number of H-pyrrole nitrogens is 1. The molecule has 3 aliphatic rings. The van der Waals surface area contributed by atoms with Gasteiger partial charge in [0.15, 0.2) is 5.82 Å². The maximum absolute atomic E-state index is 14.6. The molecule has 0 spiro atoms. The quantitative estimate of drug-likeness (QED) is 0.240. The number of alkyl halides is 3. The topological polar surface area (TPSA) is 145 Å². The molecule has 0 aliphatic carbocycles. The molecule has 3 fully saturated rings. The summed E-state index contributed by atoms with van der Waals surface area (Å²) in [5.41, 5.74) is 3.15. The Labute approximate surface area is 327 Å². The molecule has 304 valence electrons. The van der Waals surface area contributed by atoms with Crippen molar-refractivity contribution in [2.75, 3.05) is 69.8 Å². The number of hydrogen-bond donors (Lipinski definition) is 2. The molecule has 0 unspecified atom stereocenters. The highest BCUT2D eigenvalue weighted by molar-refractivity contribution is 6.09. The number of aromatic nitrogens is 3. The summed E-state index contributed by atoms with van der Waals surface area (Å²) in [6, 6.07) is 6.14. The monoisotopic (exact) mass is 792 g/mol. The molecule has 4 amide bonds. The molecule has 5 heterocycles. The van der Waals surface area contributed by atoms with Gasteiger partial charge >= 0.3 is 12.2 Å². The van der Waals surface area contributed by atoms with E-state index in [9.17, 15) is 32.3 Å². The second-order valence-corrected chi connectivity index (χ2v) is 15.0. The average molecular weight is 793 g/mol. The molecule has 3 saturated heterocycles. The molecule has 0 atom stereocenters. The second-order valence-electron chi connectivity index (χ2n) is 15.0. The summed E-state index contributed by atoms with van der Waals surface area (Å²) in [7, 11) is 4.97. The Morgan fingerprint density at radius 1 is 0.930 bits per heavy atom. The third-order valence-electron chi connectivity index (χ3n) is 11.7. The number of urea groups is 1. The fourth-order valence-electron chi connectivity index (χ4n) is 8.28. The van der Waals surface area contributed by atoms with Crippen molar-refractivity contribution in [2.45, 2.75) is 52.3 Å². The van der Waals surface area contributed by atoms with Crippen LogP contribution in [-0.2, 0) is 29.4 Å². The van der Waals surface area contributed by atoms with Crippen LogP contribution in [0.5, 0.6) is 11.5 Å². The minimum absolute atomic E-state index is 0.00969. The second kappa shape index (κ2) is 15.8. The van der Waals surface area contributed by atoms with Crippen molar-refractivity contribution in [3.8, 4) is 22.6 Å². The van der Waals surface area contributed by atoms with Gasteiger partial charge in [-0.25, -0.2) is 4.79 Å². The van der Waals surface area contributed by atoms with E-state index >= 15 is 0 Å². The predicted molar refractivity (Wildman–Crippen MR) is 208 cm³/mol. The van der Waals surface area contributed by atoms with Crippen molar-refractivity contribution in [2.24, 2.45) is 13.0 Å². The number of carbonyl (C=O) groups is 3. The standard InChI is InChI=1S/C40H47F3N8O6/c1-23-24(2)38(54)47(3)21-28(23)26-19-31(56-4)29(32(20-26)57-5)22-48-14-16-50(17-15-48)34(53)18-25-8-11-49(12-9-25)30-7-6-27-36(35(30)40(41,42)43)45-46-37(27)51-13-10-33(52)44-39(51)55/h6-7,19-21,25H,8-18,22H2,1-5H3,(H,45,46)(H,44,52,55). The highest BCUT2D eigenvalue weighted by Gasteiger charge is 2.40. The highest BCUT2D eigenvalue weighted by atomic mass is 19.4. The Morgan fingerprint density at radius 3 is 2.21 bits per heavy atom. The molecule has 2 aromatic heterocycles. The molecule has 7 rings (SSSR count). The van der Waals surface area contributed by atoms with Crippen LogP contribution < -0.4 is 30.1 Å². The summed E-state index contributed by atoms with van der Waals surface area (Å²) in [4.78, 5) is 57.0. The predicted octanol–water partition coefficient (Wildman–Crippen LogP) is 4.98. The summed E-state index contributed by atoms with van der Waals surface area (Å²) < 4.78 is 57.2. The van der Waals surface area contributed by atoms with E-state index in [0.29, 0.717) is 82.1 Å². The van der Waals surface area contributed by atoms with Crippen LogP contribution in [0, 0.1) is 19.8 Å². The van der Waals surface area contributed by atoms with Crippen molar-refractivity contribution in [3.63, 3.8) is 0 Å². The van der Waals surface area contributed by atoms with Gasteiger partial charge in [-0.15, -0.1) is 0 Å². The molecule has 0 saturated carbocycles. The van der Waals surface area contributed by atoms with Gasteiger partial charge in [0, 0.05) is 95.0 Å². The molecular formula is C40H47F3N8O6. The van der Waals surface area contributed by atoms with E-state index in [1.165, 1.54) is 12.1 Å². The third kappa shape index (κ3) is 7.76. The number of aryl methyl sites for hydroxylation is 1. The van der Waals surface area contributed by atoms with Crippen LogP contribution in [0.25, 0.3) is 22.0 Å². The Hall–Kier alpha value is -5.58. The zero-order valence-corrected chi connectivity index (χ0v) is 32.7. The lowest BCUT2D eigenvalue weighted by molar-refractivity contribution is -0.136. The third-order valence-corrected chi connectivity index (χ3v) is 11.7. The van der Waals surface area contributed by atoms with Crippen LogP contribution in [-0.4, -0.2) is 102 Å². The number of pyridine rings is 1. The van der Waals surface area contributed by atoms with Gasteiger partial charge in [0.05, 0.1) is 31.0 Å². The number of nitrogens with one attached hydrogen (secondary N) is 2. The van der Waals surface area contributed by atoms with Gasteiger partial charge in [-0.1, -0.05) is 0 Å². The largest absolute Gasteiger partial charge is 0.496 e. The lowest BCUT2D eigenvalue weighted by Crippen LogP contribution is -2.49. The molecule has 2 aromatic carbocycles. The van der Waals surface area contributed by atoms with Crippen LogP contribution in [0.1, 0.15) is 47.9 Å². The minimum atomic E-state index is -4.71. The lowest BCUT2D eigenvalue weighted by Gasteiger charge is -2.38. The van der Waals surface area contributed by atoms with Gasteiger partial charge in [-0.05, 0) is 68.0 Å². The van der Waals surface area contributed by atoms with E-state index < -0.39 is 23.7 Å². The van der Waals surface area contributed by atoms with E-state index in [0.717, 1.165) is 27.2 Å². The van der Waals surface area contributed by atoms with Gasteiger partial charge in [-0.2, -0.15) is 18.3 Å². The van der Waals surface area contributed by atoms with Gasteiger partial charge in [0.2, 0.25) is 11.8 Å². The smallest absolute Gasteiger partial charge is 0.420 e. The van der Waals surface area contributed by atoms with E-state index in [-0.39, 0.29) is 52.8 Å². The van der Waals surface area contributed by atoms with E-state index in [2.05, 4.69) is 20.4 Å². The number of halogens is 3. The van der Waals surface area contributed by atoms with E-state index in [1.807, 2.05) is 37.1 Å². The van der Waals surface area contributed by atoms with Crippen molar-refractivity contribution in [1.82, 2.24) is 29.9 Å². The van der Waals surface area contributed by atoms with Gasteiger partial charge in [0.25, 0.3) is 5.56 Å². The molecule has 14 nitrogen and oxygen atoms in total. The Morgan fingerprint density at radius 2 is 1.60 bits per heavy atom. The molecule has 0 radical (unpaired) electrons. The average Bonchev–Trinajstić information content (AvgIpc) is 3.62. The van der Waals surface area contributed by atoms with Gasteiger partial charge in [0.1, 0.15) is 17.1 Å². The SMILES string of the molecule is COc1cc(-c2cn(C)c(=O)c(C)c2C)cc(OC)c1CN1CCN(C(=O)CC2CCN(c3ccc4c(N5CCC(=O)NC5=O)n[nH]c4c3C(F)(F)F)CC2)CC1. The van der Waals surface area contributed by atoms with Crippen LogP contribution in [0.3, 0.4) is 0 Å². The summed E-state index contributed by atoms with van der Waals surface area (Å²) in [5.74, 6) is 0.994. The first-order chi connectivity index (χ1) is 27.2.